The van der Waals surface area contributed by atoms with Crippen LogP contribution in [0.1, 0.15) is 16.8 Å². The molecule has 2 aromatic heterocycles. The van der Waals surface area contributed by atoms with Crippen molar-refractivity contribution in [1.82, 2.24) is 19.9 Å². The molecule has 9 heteroatoms. The van der Waals surface area contributed by atoms with E-state index in [9.17, 15) is 13.2 Å². The fraction of sp³-hybridized carbons (Fsp3) is 0.192. The Bertz CT molecular complexity index is 1310. The lowest BCUT2D eigenvalue weighted by Gasteiger charge is -2.28. The van der Waals surface area contributed by atoms with Gasteiger partial charge in [0, 0.05) is 60.8 Å². The second kappa shape index (κ2) is 9.34. The molecule has 6 nitrogen and oxygen atoms in total. The van der Waals surface area contributed by atoms with Gasteiger partial charge < -0.3 is 10.5 Å². The maximum Gasteiger partial charge on any atom is 0.573 e. The second-order valence-electron chi connectivity index (χ2n) is 8.37. The minimum atomic E-state index is -4.71. The molecule has 0 saturated heterocycles. The summed E-state index contributed by atoms with van der Waals surface area (Å²) in [5, 5.41) is 0. The third-order valence-electron chi connectivity index (χ3n) is 5.80. The van der Waals surface area contributed by atoms with E-state index in [1.54, 1.807) is 18.3 Å². The molecule has 0 spiro atoms. The first-order valence-electron chi connectivity index (χ1n) is 11.1. The second-order valence-corrected chi connectivity index (χ2v) is 8.37. The van der Waals surface area contributed by atoms with Crippen LogP contribution in [0.2, 0.25) is 0 Å². The number of aromatic nitrogens is 3. The van der Waals surface area contributed by atoms with Gasteiger partial charge in [0.2, 0.25) is 0 Å². The van der Waals surface area contributed by atoms with Gasteiger partial charge in [0.1, 0.15) is 5.75 Å². The van der Waals surface area contributed by atoms with E-state index in [0.29, 0.717) is 22.8 Å². The lowest BCUT2D eigenvalue weighted by Crippen LogP contribution is -2.31. The molecule has 4 aromatic rings. The molecule has 0 unspecified atom stereocenters. The molecular weight excluding hydrogens is 455 g/mol. The van der Waals surface area contributed by atoms with E-state index in [1.807, 2.05) is 42.6 Å². The monoisotopic (exact) mass is 477 g/mol. The van der Waals surface area contributed by atoms with Crippen LogP contribution in [-0.4, -0.2) is 32.8 Å². The van der Waals surface area contributed by atoms with Crippen LogP contribution in [0.5, 0.6) is 5.75 Å². The maximum absolute atomic E-state index is 12.3. The zero-order chi connectivity index (χ0) is 24.4. The van der Waals surface area contributed by atoms with Gasteiger partial charge in [0.05, 0.1) is 11.4 Å². The summed E-state index contributed by atoms with van der Waals surface area (Å²) in [4.78, 5) is 16.1. The van der Waals surface area contributed by atoms with Crippen LogP contribution in [-0.2, 0) is 19.5 Å². The van der Waals surface area contributed by atoms with Crippen LogP contribution < -0.4 is 10.5 Å². The molecule has 0 saturated carbocycles. The van der Waals surface area contributed by atoms with Crippen molar-refractivity contribution in [2.24, 2.45) is 0 Å². The Balaban J connectivity index is 1.22. The molecular formula is C26H22F3N5O. The summed E-state index contributed by atoms with van der Waals surface area (Å²) in [6.45, 7) is 2.35. The van der Waals surface area contributed by atoms with E-state index in [1.165, 1.54) is 12.1 Å². The number of rotatable bonds is 5. The minimum absolute atomic E-state index is 0.257. The van der Waals surface area contributed by atoms with Gasteiger partial charge in [-0.1, -0.05) is 6.07 Å². The normalized spacial score (nSPS) is 13.9. The predicted molar refractivity (Wildman–Crippen MR) is 126 cm³/mol. The molecule has 5 rings (SSSR count). The van der Waals surface area contributed by atoms with Crippen molar-refractivity contribution in [2.45, 2.75) is 25.9 Å². The summed E-state index contributed by atoms with van der Waals surface area (Å²) in [6.07, 6.45) is -0.182. The van der Waals surface area contributed by atoms with Crippen molar-refractivity contribution in [3.63, 3.8) is 0 Å². The molecule has 0 radical (unpaired) electrons. The van der Waals surface area contributed by atoms with Crippen LogP contribution in [0.3, 0.4) is 0 Å². The molecule has 178 valence electrons. The number of ether oxygens (including phenoxy) is 1. The number of nitrogens with two attached hydrogens (primary N) is 1. The van der Waals surface area contributed by atoms with Gasteiger partial charge in [-0.05, 0) is 60.2 Å². The largest absolute Gasteiger partial charge is 0.573 e. The number of fused-ring (bicyclic) bond motifs is 1. The standard InChI is InChI=1S/C26H22F3N5O/c27-26(28,29)35-22-8-4-18(5-9-22)23-10-1-17(13-31-23)15-34-12-11-24-20(16-34)14-32-25(33-24)19-2-6-21(30)7-3-19/h1-10,13-14H,11-12,15-16,30H2. The molecule has 0 bridgehead atoms. The number of halogens is 3. The van der Waals surface area contributed by atoms with E-state index >= 15 is 0 Å². The Morgan fingerprint density at radius 1 is 0.886 bits per heavy atom. The fourth-order valence-electron chi connectivity index (χ4n) is 4.06. The Morgan fingerprint density at radius 2 is 1.63 bits per heavy atom. The third kappa shape index (κ3) is 5.58. The highest BCUT2D eigenvalue weighted by atomic mass is 19.4. The highest BCUT2D eigenvalue weighted by Gasteiger charge is 2.31. The van der Waals surface area contributed by atoms with Gasteiger partial charge in [0.15, 0.2) is 5.82 Å². The Hall–Kier alpha value is -3.98. The molecule has 2 aromatic carbocycles. The van der Waals surface area contributed by atoms with E-state index in [4.69, 9.17) is 10.7 Å². The first-order chi connectivity index (χ1) is 16.8. The van der Waals surface area contributed by atoms with E-state index in [0.717, 1.165) is 48.4 Å². The van der Waals surface area contributed by atoms with Gasteiger partial charge in [-0.15, -0.1) is 13.2 Å². The number of alkyl halides is 3. The van der Waals surface area contributed by atoms with Crippen LogP contribution in [0.4, 0.5) is 18.9 Å². The topological polar surface area (TPSA) is 77.2 Å². The molecule has 0 atom stereocenters. The summed E-state index contributed by atoms with van der Waals surface area (Å²) in [5.74, 6) is 0.447. The lowest BCUT2D eigenvalue weighted by molar-refractivity contribution is -0.274. The summed E-state index contributed by atoms with van der Waals surface area (Å²) < 4.78 is 40.9. The van der Waals surface area contributed by atoms with Gasteiger partial charge in [-0.25, -0.2) is 9.97 Å². The quantitative estimate of drug-likeness (QED) is 0.396. The Labute approximate surface area is 200 Å². The van der Waals surface area contributed by atoms with E-state index in [2.05, 4.69) is 19.6 Å². The average molecular weight is 477 g/mol. The summed E-state index contributed by atoms with van der Waals surface area (Å²) in [5.41, 5.74) is 12.0. The van der Waals surface area contributed by atoms with Gasteiger partial charge >= 0.3 is 6.36 Å². The minimum Gasteiger partial charge on any atom is -0.406 e. The summed E-state index contributed by atoms with van der Waals surface area (Å²) >= 11 is 0. The number of nitrogens with zero attached hydrogens (tertiary/aromatic N) is 4. The molecule has 35 heavy (non-hydrogen) atoms. The smallest absolute Gasteiger partial charge is 0.406 e. The molecule has 0 amide bonds. The van der Waals surface area contributed by atoms with Crippen LogP contribution in [0.15, 0.2) is 73.1 Å². The van der Waals surface area contributed by atoms with Crippen LogP contribution in [0.25, 0.3) is 22.6 Å². The molecule has 1 aliphatic heterocycles. The first-order valence-corrected chi connectivity index (χ1v) is 11.1. The molecule has 0 fully saturated rings. The van der Waals surface area contributed by atoms with Crippen molar-refractivity contribution in [2.75, 3.05) is 12.3 Å². The summed E-state index contributed by atoms with van der Waals surface area (Å²) in [6, 6.07) is 17.1. The third-order valence-corrected chi connectivity index (χ3v) is 5.80. The molecule has 0 aliphatic carbocycles. The SMILES string of the molecule is Nc1ccc(-c2ncc3c(n2)CCN(Cc2ccc(-c4ccc(OC(F)(F)F)cc4)nc2)C3)cc1. The highest BCUT2D eigenvalue weighted by Crippen LogP contribution is 2.27. The van der Waals surface area contributed by atoms with Crippen molar-refractivity contribution in [3.8, 4) is 28.4 Å². The van der Waals surface area contributed by atoms with Gasteiger partial charge in [0.25, 0.3) is 0 Å². The zero-order valence-corrected chi connectivity index (χ0v) is 18.7. The fourth-order valence-corrected chi connectivity index (χ4v) is 4.06. The van der Waals surface area contributed by atoms with Crippen molar-refractivity contribution in [3.05, 3.63) is 89.9 Å². The number of hydrogen-bond donors (Lipinski definition) is 1. The average Bonchev–Trinajstić information content (AvgIpc) is 2.84. The van der Waals surface area contributed by atoms with Crippen LogP contribution in [0, 0.1) is 0 Å². The zero-order valence-electron chi connectivity index (χ0n) is 18.7. The number of hydrogen-bond acceptors (Lipinski definition) is 6. The van der Waals surface area contributed by atoms with Crippen molar-refractivity contribution >= 4 is 5.69 Å². The van der Waals surface area contributed by atoms with Crippen molar-refractivity contribution < 1.29 is 17.9 Å². The van der Waals surface area contributed by atoms with E-state index < -0.39 is 6.36 Å². The highest BCUT2D eigenvalue weighted by molar-refractivity contribution is 5.60. The molecule has 2 N–H and O–H groups in total. The Kier molecular flexibility index (Phi) is 6.08. The van der Waals surface area contributed by atoms with Crippen molar-refractivity contribution in [1.29, 1.82) is 0 Å². The Morgan fingerprint density at radius 3 is 2.31 bits per heavy atom. The number of anilines is 1. The van der Waals surface area contributed by atoms with Gasteiger partial charge in [-0.3, -0.25) is 9.88 Å². The number of nitrogen functional groups attached to an aromatic ring is 1. The summed E-state index contributed by atoms with van der Waals surface area (Å²) in [7, 11) is 0. The molecule has 3 heterocycles. The number of benzene rings is 2. The lowest BCUT2D eigenvalue weighted by atomic mass is 10.1. The maximum atomic E-state index is 12.3. The first kappa shape index (κ1) is 22.8. The van der Waals surface area contributed by atoms with Gasteiger partial charge in [-0.2, -0.15) is 0 Å². The van der Waals surface area contributed by atoms with Crippen LogP contribution >= 0.6 is 0 Å². The number of pyridine rings is 1. The van der Waals surface area contributed by atoms with E-state index in [-0.39, 0.29) is 5.75 Å². The predicted octanol–water partition coefficient (Wildman–Crippen LogP) is 5.24. The molecule has 1 aliphatic rings.